The third-order valence-corrected chi connectivity index (χ3v) is 2.39. The van der Waals surface area contributed by atoms with Crippen molar-refractivity contribution < 1.29 is 0 Å². The average Bonchev–Trinajstić information content (AvgIpc) is 2.46. The molecule has 1 heterocycles. The second-order valence-corrected chi connectivity index (χ2v) is 3.48. The van der Waals surface area contributed by atoms with Crippen molar-refractivity contribution in [1.82, 2.24) is 9.97 Å². The number of aromatic amines is 1. The van der Waals surface area contributed by atoms with Crippen LogP contribution in [0.1, 0.15) is 5.82 Å². The molecule has 2 aromatic rings. The number of nitrogens with one attached hydrogen (secondary N) is 1. The topological polar surface area (TPSA) is 28.7 Å². The molecule has 0 aliphatic carbocycles. The van der Waals surface area contributed by atoms with Crippen LogP contribution in [0, 0.1) is 0 Å². The number of H-pyrrole nitrogens is 1. The Balaban J connectivity index is 2.67. The second kappa shape index (κ2) is 3.07. The quantitative estimate of drug-likeness (QED) is 0.769. The van der Waals surface area contributed by atoms with Crippen LogP contribution in [0.2, 0.25) is 5.02 Å². The molecular formula is C8H6BrClN2. The first-order valence-electron chi connectivity index (χ1n) is 3.50. The minimum atomic E-state index is 0.729. The molecule has 1 aromatic heterocycles. The van der Waals surface area contributed by atoms with Gasteiger partial charge in [-0.05, 0) is 18.2 Å². The van der Waals surface area contributed by atoms with Crippen molar-refractivity contribution in [2.24, 2.45) is 0 Å². The van der Waals surface area contributed by atoms with E-state index in [-0.39, 0.29) is 0 Å². The molecule has 2 rings (SSSR count). The van der Waals surface area contributed by atoms with Crippen molar-refractivity contribution in [3.8, 4) is 0 Å². The lowest BCUT2D eigenvalue weighted by Gasteiger charge is -1.87. The first-order chi connectivity index (χ1) is 5.79. The van der Waals surface area contributed by atoms with Crippen molar-refractivity contribution in [1.29, 1.82) is 0 Å². The Labute approximate surface area is 83.1 Å². The number of halogens is 2. The van der Waals surface area contributed by atoms with Crippen LogP contribution in [0.25, 0.3) is 11.0 Å². The van der Waals surface area contributed by atoms with Gasteiger partial charge in [0.25, 0.3) is 0 Å². The van der Waals surface area contributed by atoms with Crippen LogP contribution in [0.4, 0.5) is 0 Å². The molecule has 1 aromatic carbocycles. The summed E-state index contributed by atoms with van der Waals surface area (Å²) in [5.41, 5.74) is 1.94. The molecule has 0 radical (unpaired) electrons. The Kier molecular flexibility index (Phi) is 2.07. The molecule has 0 spiro atoms. The minimum Gasteiger partial charge on any atom is -0.341 e. The molecule has 0 unspecified atom stereocenters. The highest BCUT2D eigenvalue weighted by Gasteiger charge is 2.00. The number of benzene rings is 1. The minimum absolute atomic E-state index is 0.729. The lowest BCUT2D eigenvalue weighted by Crippen LogP contribution is -1.76. The van der Waals surface area contributed by atoms with E-state index in [1.165, 1.54) is 0 Å². The van der Waals surface area contributed by atoms with Gasteiger partial charge in [0.2, 0.25) is 0 Å². The highest BCUT2D eigenvalue weighted by Crippen LogP contribution is 2.17. The van der Waals surface area contributed by atoms with E-state index < -0.39 is 0 Å². The maximum absolute atomic E-state index is 5.81. The highest BCUT2D eigenvalue weighted by molar-refractivity contribution is 9.08. The van der Waals surface area contributed by atoms with Crippen LogP contribution in [0.15, 0.2) is 18.2 Å². The number of nitrogens with zero attached hydrogens (tertiary/aromatic N) is 1. The molecule has 0 fully saturated rings. The maximum Gasteiger partial charge on any atom is 0.117 e. The summed E-state index contributed by atoms with van der Waals surface area (Å²) in [6, 6.07) is 5.61. The first-order valence-corrected chi connectivity index (χ1v) is 4.99. The predicted molar refractivity (Wildman–Crippen MR) is 53.7 cm³/mol. The Bertz CT molecular complexity index is 410. The van der Waals surface area contributed by atoms with Crippen molar-refractivity contribution in [2.45, 2.75) is 5.33 Å². The molecular weight excluding hydrogens is 239 g/mol. The van der Waals surface area contributed by atoms with E-state index in [2.05, 4.69) is 25.9 Å². The molecule has 2 nitrogen and oxygen atoms in total. The van der Waals surface area contributed by atoms with E-state index in [1.807, 2.05) is 18.2 Å². The van der Waals surface area contributed by atoms with Crippen LogP contribution in [0.5, 0.6) is 0 Å². The van der Waals surface area contributed by atoms with Gasteiger partial charge < -0.3 is 4.98 Å². The van der Waals surface area contributed by atoms with Gasteiger partial charge in [-0.25, -0.2) is 4.98 Å². The van der Waals surface area contributed by atoms with E-state index in [1.54, 1.807) is 0 Å². The lowest BCUT2D eigenvalue weighted by atomic mass is 10.3. The first kappa shape index (κ1) is 8.08. The van der Waals surface area contributed by atoms with Gasteiger partial charge in [-0.15, -0.1) is 0 Å². The molecule has 0 aliphatic heterocycles. The summed E-state index contributed by atoms with van der Waals surface area (Å²) in [7, 11) is 0. The number of fused-ring (bicyclic) bond motifs is 1. The molecule has 4 heteroatoms. The normalized spacial score (nSPS) is 10.8. The summed E-state index contributed by atoms with van der Waals surface area (Å²) in [6.07, 6.45) is 0. The van der Waals surface area contributed by atoms with Gasteiger partial charge in [-0.1, -0.05) is 27.5 Å². The van der Waals surface area contributed by atoms with Crippen molar-refractivity contribution in [3.05, 3.63) is 29.0 Å². The van der Waals surface area contributed by atoms with E-state index in [9.17, 15) is 0 Å². The Hall–Kier alpha value is -0.540. The third kappa shape index (κ3) is 1.34. The molecule has 0 amide bonds. The zero-order chi connectivity index (χ0) is 8.55. The van der Waals surface area contributed by atoms with Gasteiger partial charge in [0.1, 0.15) is 5.82 Å². The number of rotatable bonds is 1. The van der Waals surface area contributed by atoms with Crippen LogP contribution in [-0.4, -0.2) is 9.97 Å². The summed E-state index contributed by atoms with van der Waals surface area (Å²) in [5, 5.41) is 1.46. The lowest BCUT2D eigenvalue weighted by molar-refractivity contribution is 1.15. The largest absolute Gasteiger partial charge is 0.341 e. The van der Waals surface area contributed by atoms with E-state index >= 15 is 0 Å². The molecule has 0 atom stereocenters. The summed E-state index contributed by atoms with van der Waals surface area (Å²) < 4.78 is 0. The van der Waals surface area contributed by atoms with Gasteiger partial charge >= 0.3 is 0 Å². The van der Waals surface area contributed by atoms with Crippen molar-refractivity contribution >= 4 is 38.6 Å². The Morgan fingerprint density at radius 1 is 1.50 bits per heavy atom. The van der Waals surface area contributed by atoms with Crippen molar-refractivity contribution in [3.63, 3.8) is 0 Å². The second-order valence-electron chi connectivity index (χ2n) is 2.48. The van der Waals surface area contributed by atoms with Gasteiger partial charge in [0.05, 0.1) is 16.4 Å². The fourth-order valence-electron chi connectivity index (χ4n) is 1.10. The zero-order valence-corrected chi connectivity index (χ0v) is 8.48. The standard InChI is InChI=1S/C8H6BrClN2/c9-4-8-11-6-2-1-5(10)3-7(6)12-8/h1-3H,4H2,(H,11,12). The van der Waals surface area contributed by atoms with Crippen LogP contribution in [-0.2, 0) is 5.33 Å². The summed E-state index contributed by atoms with van der Waals surface area (Å²) in [6.45, 7) is 0. The highest BCUT2D eigenvalue weighted by atomic mass is 79.9. The van der Waals surface area contributed by atoms with Crippen LogP contribution < -0.4 is 0 Å². The molecule has 0 aliphatic rings. The number of imidazole rings is 1. The molecule has 0 saturated carbocycles. The zero-order valence-electron chi connectivity index (χ0n) is 6.14. The van der Waals surface area contributed by atoms with E-state index in [0.717, 1.165) is 27.2 Å². The molecule has 0 saturated heterocycles. The van der Waals surface area contributed by atoms with Crippen LogP contribution >= 0.6 is 27.5 Å². The SMILES string of the molecule is Clc1ccc2nc(CBr)[nH]c2c1. The number of hydrogen-bond acceptors (Lipinski definition) is 1. The predicted octanol–water partition coefficient (Wildman–Crippen LogP) is 3.11. The third-order valence-electron chi connectivity index (χ3n) is 1.62. The van der Waals surface area contributed by atoms with E-state index in [0.29, 0.717) is 0 Å². The number of aromatic nitrogens is 2. The Morgan fingerprint density at radius 3 is 3.08 bits per heavy atom. The van der Waals surface area contributed by atoms with E-state index in [4.69, 9.17) is 11.6 Å². The fourth-order valence-corrected chi connectivity index (χ4v) is 1.54. The maximum atomic E-state index is 5.81. The van der Waals surface area contributed by atoms with Gasteiger partial charge in [0, 0.05) is 5.02 Å². The Morgan fingerprint density at radius 2 is 2.33 bits per heavy atom. The monoisotopic (exact) mass is 244 g/mol. The van der Waals surface area contributed by atoms with Gasteiger partial charge in [-0.2, -0.15) is 0 Å². The number of alkyl halides is 1. The summed E-state index contributed by atoms with van der Waals surface area (Å²) >= 11 is 9.14. The molecule has 0 bridgehead atoms. The average molecular weight is 246 g/mol. The van der Waals surface area contributed by atoms with Gasteiger partial charge in [0.15, 0.2) is 0 Å². The summed E-state index contributed by atoms with van der Waals surface area (Å²) in [5.74, 6) is 0.923. The fraction of sp³-hybridized carbons (Fsp3) is 0.125. The van der Waals surface area contributed by atoms with Crippen molar-refractivity contribution in [2.75, 3.05) is 0 Å². The summed E-state index contributed by atoms with van der Waals surface area (Å²) in [4.78, 5) is 7.45. The van der Waals surface area contributed by atoms with Gasteiger partial charge in [-0.3, -0.25) is 0 Å². The molecule has 1 N–H and O–H groups in total. The van der Waals surface area contributed by atoms with Crippen LogP contribution in [0.3, 0.4) is 0 Å². The molecule has 12 heavy (non-hydrogen) atoms. The molecule has 62 valence electrons. The number of hydrogen-bond donors (Lipinski definition) is 1. The smallest absolute Gasteiger partial charge is 0.117 e.